The third-order valence-electron chi connectivity index (χ3n) is 3.61. The molecule has 0 fully saturated rings. The van der Waals surface area contributed by atoms with Crippen molar-refractivity contribution in [3.63, 3.8) is 0 Å². The molecule has 0 atom stereocenters. The first-order valence-corrected chi connectivity index (χ1v) is 9.62. The molecule has 1 N–H and O–H groups in total. The van der Waals surface area contributed by atoms with Gasteiger partial charge in [-0.3, -0.25) is 9.40 Å². The Morgan fingerprint density at radius 3 is 2.60 bits per heavy atom. The van der Waals surface area contributed by atoms with E-state index >= 15 is 0 Å². The average Bonchev–Trinajstić information content (AvgIpc) is 3.23. The zero-order valence-electron chi connectivity index (χ0n) is 13.9. The Morgan fingerprint density at radius 2 is 1.96 bits per heavy atom. The van der Waals surface area contributed by atoms with Crippen molar-refractivity contribution in [3.05, 3.63) is 41.9 Å². The molecule has 2 heterocycles. The van der Waals surface area contributed by atoms with Gasteiger partial charge < -0.3 is 9.47 Å². The van der Waals surface area contributed by atoms with Crippen LogP contribution in [0.2, 0.25) is 0 Å². The van der Waals surface area contributed by atoms with Gasteiger partial charge in [-0.1, -0.05) is 0 Å². The number of nitrogens with one attached hydrogen (secondary N) is 1. The third-order valence-corrected chi connectivity index (χ3v) is 6.41. The van der Waals surface area contributed by atoms with E-state index in [1.807, 2.05) is 6.07 Å². The highest BCUT2D eigenvalue weighted by molar-refractivity contribution is 7.94. The second-order valence-corrected chi connectivity index (χ2v) is 7.99. The number of hydrogen-bond acceptors (Lipinski definition) is 6. The standard InChI is InChI=1S/C16H17N3O4S2/c1-19-14(6-7-17-19)11-8-16(24-10-11)25(20,21)18-13-9-12(22-2)4-5-15(13)23-3/h4-10,18H,1-3H3. The summed E-state index contributed by atoms with van der Waals surface area (Å²) in [5.74, 6) is 0.938. The number of thiophene rings is 1. The Balaban J connectivity index is 1.93. The number of methoxy groups -OCH3 is 2. The second kappa shape index (κ2) is 6.77. The first kappa shape index (κ1) is 17.3. The molecule has 1 aromatic carbocycles. The Kier molecular flexibility index (Phi) is 4.69. The summed E-state index contributed by atoms with van der Waals surface area (Å²) in [6.45, 7) is 0. The van der Waals surface area contributed by atoms with Crippen LogP contribution in [0.3, 0.4) is 0 Å². The Bertz CT molecular complexity index is 992. The van der Waals surface area contributed by atoms with Crippen LogP contribution in [0.15, 0.2) is 46.1 Å². The van der Waals surface area contributed by atoms with Gasteiger partial charge in [0.2, 0.25) is 0 Å². The van der Waals surface area contributed by atoms with Gasteiger partial charge in [-0.2, -0.15) is 5.10 Å². The molecular weight excluding hydrogens is 362 g/mol. The van der Waals surface area contributed by atoms with Crippen LogP contribution in [-0.2, 0) is 17.1 Å². The maximum absolute atomic E-state index is 12.7. The molecule has 0 saturated heterocycles. The summed E-state index contributed by atoms with van der Waals surface area (Å²) in [6.07, 6.45) is 1.67. The molecule has 0 aliphatic rings. The van der Waals surface area contributed by atoms with Crippen molar-refractivity contribution >= 4 is 27.0 Å². The summed E-state index contributed by atoms with van der Waals surface area (Å²) >= 11 is 1.14. The number of ether oxygens (including phenoxy) is 2. The van der Waals surface area contributed by atoms with E-state index < -0.39 is 10.0 Å². The predicted octanol–water partition coefficient (Wildman–Crippen LogP) is 2.97. The first-order chi connectivity index (χ1) is 11.9. The van der Waals surface area contributed by atoms with Crippen LogP contribution >= 0.6 is 11.3 Å². The highest BCUT2D eigenvalue weighted by Gasteiger charge is 2.20. The molecule has 0 aliphatic heterocycles. The van der Waals surface area contributed by atoms with Crippen molar-refractivity contribution in [2.24, 2.45) is 7.05 Å². The monoisotopic (exact) mass is 379 g/mol. The SMILES string of the molecule is COc1ccc(OC)c(NS(=O)(=O)c2cc(-c3ccnn3C)cs2)c1. The van der Waals surface area contributed by atoms with E-state index in [4.69, 9.17) is 9.47 Å². The molecule has 0 saturated carbocycles. The lowest BCUT2D eigenvalue weighted by molar-refractivity contribution is 0.405. The second-order valence-electron chi connectivity index (χ2n) is 5.17. The number of anilines is 1. The van der Waals surface area contributed by atoms with E-state index in [1.165, 1.54) is 14.2 Å². The molecule has 0 spiro atoms. The molecule has 0 unspecified atom stereocenters. The highest BCUT2D eigenvalue weighted by Crippen LogP contribution is 2.33. The number of rotatable bonds is 6. The van der Waals surface area contributed by atoms with Crippen LogP contribution < -0.4 is 14.2 Å². The van der Waals surface area contributed by atoms with Gasteiger partial charge in [-0.25, -0.2) is 8.42 Å². The van der Waals surface area contributed by atoms with E-state index in [9.17, 15) is 8.42 Å². The molecular formula is C16H17N3O4S2. The lowest BCUT2D eigenvalue weighted by atomic mass is 10.2. The zero-order valence-corrected chi connectivity index (χ0v) is 15.5. The summed E-state index contributed by atoms with van der Waals surface area (Å²) in [5.41, 5.74) is 1.96. The molecule has 132 valence electrons. The molecule has 0 amide bonds. The van der Waals surface area contributed by atoms with Crippen LogP contribution in [0.25, 0.3) is 11.3 Å². The van der Waals surface area contributed by atoms with Gasteiger partial charge in [0.05, 0.1) is 25.6 Å². The van der Waals surface area contributed by atoms with Crippen LogP contribution in [-0.4, -0.2) is 32.4 Å². The molecule has 0 bridgehead atoms. The summed E-state index contributed by atoms with van der Waals surface area (Å²) in [4.78, 5) is 0. The van der Waals surface area contributed by atoms with E-state index in [0.29, 0.717) is 17.2 Å². The predicted molar refractivity (Wildman–Crippen MR) is 96.9 cm³/mol. The quantitative estimate of drug-likeness (QED) is 0.712. The van der Waals surface area contributed by atoms with Gasteiger partial charge in [0.25, 0.3) is 10.0 Å². The number of sulfonamides is 1. The average molecular weight is 379 g/mol. The smallest absolute Gasteiger partial charge is 0.271 e. The fraction of sp³-hybridized carbons (Fsp3) is 0.188. The Labute approximate surface area is 149 Å². The normalized spacial score (nSPS) is 11.3. The summed E-state index contributed by atoms with van der Waals surface area (Å²) in [6, 6.07) is 8.37. The summed E-state index contributed by atoms with van der Waals surface area (Å²) in [5, 5.41) is 5.89. The van der Waals surface area contributed by atoms with Crippen molar-refractivity contribution in [1.82, 2.24) is 9.78 Å². The molecule has 0 aliphatic carbocycles. The minimum atomic E-state index is -3.75. The van der Waals surface area contributed by atoms with Crippen molar-refractivity contribution in [2.75, 3.05) is 18.9 Å². The third kappa shape index (κ3) is 3.47. The Hall–Kier alpha value is -2.52. The van der Waals surface area contributed by atoms with Gasteiger partial charge in [0, 0.05) is 30.3 Å². The maximum atomic E-state index is 12.7. The maximum Gasteiger partial charge on any atom is 0.271 e. The lowest BCUT2D eigenvalue weighted by Gasteiger charge is -2.12. The van der Waals surface area contributed by atoms with Gasteiger partial charge >= 0.3 is 0 Å². The topological polar surface area (TPSA) is 82.4 Å². The molecule has 9 heteroatoms. The largest absolute Gasteiger partial charge is 0.497 e. The number of benzene rings is 1. The van der Waals surface area contributed by atoms with E-state index in [2.05, 4.69) is 9.82 Å². The van der Waals surface area contributed by atoms with Crippen molar-refractivity contribution in [1.29, 1.82) is 0 Å². The minimum Gasteiger partial charge on any atom is -0.497 e. The fourth-order valence-corrected chi connectivity index (χ4v) is 4.57. The zero-order chi connectivity index (χ0) is 18.0. The molecule has 3 rings (SSSR count). The number of hydrogen-bond donors (Lipinski definition) is 1. The van der Waals surface area contributed by atoms with Crippen molar-refractivity contribution in [3.8, 4) is 22.8 Å². The highest BCUT2D eigenvalue weighted by atomic mass is 32.2. The number of nitrogens with zero attached hydrogens (tertiary/aromatic N) is 2. The van der Waals surface area contributed by atoms with Gasteiger partial charge in [0.1, 0.15) is 15.7 Å². The molecule has 25 heavy (non-hydrogen) atoms. The molecule has 7 nitrogen and oxygen atoms in total. The van der Waals surface area contributed by atoms with Crippen LogP contribution in [0.5, 0.6) is 11.5 Å². The summed E-state index contributed by atoms with van der Waals surface area (Å²) < 4.78 is 40.2. The molecule has 3 aromatic rings. The number of aromatic nitrogens is 2. The minimum absolute atomic E-state index is 0.202. The van der Waals surface area contributed by atoms with Crippen LogP contribution in [0.1, 0.15) is 0 Å². The molecule has 2 aromatic heterocycles. The van der Waals surface area contributed by atoms with Crippen molar-refractivity contribution < 1.29 is 17.9 Å². The Morgan fingerprint density at radius 1 is 1.16 bits per heavy atom. The van der Waals surface area contributed by atoms with E-state index in [1.54, 1.807) is 47.6 Å². The summed E-state index contributed by atoms with van der Waals surface area (Å²) in [7, 11) is 1.05. The van der Waals surface area contributed by atoms with Gasteiger partial charge in [-0.15, -0.1) is 11.3 Å². The van der Waals surface area contributed by atoms with Gasteiger partial charge in [0.15, 0.2) is 0 Å². The molecule has 0 radical (unpaired) electrons. The van der Waals surface area contributed by atoms with E-state index in [0.717, 1.165) is 22.6 Å². The van der Waals surface area contributed by atoms with Crippen LogP contribution in [0.4, 0.5) is 5.69 Å². The number of aryl methyl sites for hydroxylation is 1. The lowest BCUT2D eigenvalue weighted by Crippen LogP contribution is -2.12. The first-order valence-electron chi connectivity index (χ1n) is 7.26. The van der Waals surface area contributed by atoms with Gasteiger partial charge in [-0.05, 0) is 24.3 Å². The fourth-order valence-electron chi connectivity index (χ4n) is 2.34. The van der Waals surface area contributed by atoms with Crippen molar-refractivity contribution in [2.45, 2.75) is 4.21 Å². The van der Waals surface area contributed by atoms with E-state index in [-0.39, 0.29) is 4.21 Å². The van der Waals surface area contributed by atoms with Crippen LogP contribution in [0, 0.1) is 0 Å².